The average molecular weight is 278 g/mol. The number of halogens is 1. The summed E-state index contributed by atoms with van der Waals surface area (Å²) >= 11 is 5.15. The number of ether oxygens (including phenoxy) is 1. The van der Waals surface area contributed by atoms with E-state index in [9.17, 15) is 0 Å². The largest absolute Gasteiger partial charge is 0.385 e. The first-order chi connectivity index (χ1) is 6.65. The Bertz CT molecular complexity index is 277. The lowest BCUT2D eigenvalue weighted by molar-refractivity contribution is 0.175. The van der Waals surface area contributed by atoms with Crippen molar-refractivity contribution >= 4 is 27.3 Å². The molecule has 0 aliphatic rings. The minimum absolute atomic E-state index is 0.126. The molecular formula is C10H16BrNOS. The molecule has 0 aliphatic carbocycles. The van der Waals surface area contributed by atoms with Crippen molar-refractivity contribution in [2.45, 2.75) is 19.4 Å². The Hall–Kier alpha value is 0.1000. The molecule has 80 valence electrons. The van der Waals surface area contributed by atoms with Gasteiger partial charge in [-0.15, -0.1) is 11.3 Å². The molecule has 1 aromatic heterocycles. The molecule has 0 fully saturated rings. The molecular weight excluding hydrogens is 262 g/mol. The zero-order valence-corrected chi connectivity index (χ0v) is 10.9. The van der Waals surface area contributed by atoms with E-state index in [-0.39, 0.29) is 6.04 Å². The molecule has 4 heteroatoms. The van der Waals surface area contributed by atoms with Gasteiger partial charge in [-0.1, -0.05) is 6.92 Å². The normalized spacial score (nSPS) is 15.4. The monoisotopic (exact) mass is 277 g/mol. The number of nitrogens with two attached hydrogens (primary N) is 1. The third kappa shape index (κ3) is 3.35. The third-order valence-electron chi connectivity index (χ3n) is 2.31. The van der Waals surface area contributed by atoms with Crippen LogP contribution >= 0.6 is 27.3 Å². The van der Waals surface area contributed by atoms with E-state index in [1.807, 2.05) is 6.07 Å². The van der Waals surface area contributed by atoms with Crippen LogP contribution in [0.4, 0.5) is 0 Å². The van der Waals surface area contributed by atoms with Crippen molar-refractivity contribution in [2.75, 3.05) is 13.7 Å². The first-order valence-electron chi connectivity index (χ1n) is 4.65. The van der Waals surface area contributed by atoms with Crippen molar-refractivity contribution in [3.8, 4) is 0 Å². The first-order valence-corrected chi connectivity index (χ1v) is 6.26. The van der Waals surface area contributed by atoms with Gasteiger partial charge < -0.3 is 10.5 Å². The van der Waals surface area contributed by atoms with Crippen LogP contribution in [0.3, 0.4) is 0 Å². The second-order valence-corrected chi connectivity index (χ2v) is 5.92. The predicted octanol–water partition coefficient (Wildman–Crippen LogP) is 3.18. The van der Waals surface area contributed by atoms with Gasteiger partial charge in [-0.25, -0.2) is 0 Å². The maximum atomic E-state index is 6.13. The van der Waals surface area contributed by atoms with E-state index in [2.05, 4.69) is 28.9 Å². The molecule has 14 heavy (non-hydrogen) atoms. The third-order valence-corrected chi connectivity index (χ3v) is 4.04. The van der Waals surface area contributed by atoms with Gasteiger partial charge in [0, 0.05) is 24.6 Å². The highest BCUT2D eigenvalue weighted by atomic mass is 79.9. The summed E-state index contributed by atoms with van der Waals surface area (Å²) < 4.78 is 6.18. The van der Waals surface area contributed by atoms with E-state index in [1.54, 1.807) is 18.4 Å². The Morgan fingerprint density at radius 2 is 2.29 bits per heavy atom. The highest BCUT2D eigenvalue weighted by molar-refractivity contribution is 9.11. The average Bonchev–Trinajstić information content (AvgIpc) is 2.60. The number of methoxy groups -OCH3 is 1. The van der Waals surface area contributed by atoms with Crippen LogP contribution in [-0.2, 0) is 4.74 Å². The van der Waals surface area contributed by atoms with Gasteiger partial charge in [-0.2, -0.15) is 0 Å². The van der Waals surface area contributed by atoms with Gasteiger partial charge >= 0.3 is 0 Å². The first kappa shape index (κ1) is 12.2. The minimum atomic E-state index is 0.126. The van der Waals surface area contributed by atoms with Crippen molar-refractivity contribution in [1.82, 2.24) is 0 Å². The number of hydrogen-bond acceptors (Lipinski definition) is 3. The molecule has 2 unspecified atom stereocenters. The Morgan fingerprint density at radius 1 is 1.57 bits per heavy atom. The maximum Gasteiger partial charge on any atom is 0.0701 e. The van der Waals surface area contributed by atoms with Crippen molar-refractivity contribution in [1.29, 1.82) is 0 Å². The fourth-order valence-corrected chi connectivity index (χ4v) is 2.83. The Labute approximate surface area is 97.6 Å². The summed E-state index contributed by atoms with van der Waals surface area (Å²) in [5, 5.41) is 0. The van der Waals surface area contributed by atoms with E-state index in [0.717, 1.165) is 16.8 Å². The van der Waals surface area contributed by atoms with Gasteiger partial charge in [-0.3, -0.25) is 0 Å². The maximum absolute atomic E-state index is 6.13. The second kappa shape index (κ2) is 5.85. The summed E-state index contributed by atoms with van der Waals surface area (Å²) in [4.78, 5) is 1.24. The molecule has 2 nitrogen and oxygen atoms in total. The summed E-state index contributed by atoms with van der Waals surface area (Å²) in [6.45, 7) is 2.94. The lowest BCUT2D eigenvalue weighted by Crippen LogP contribution is -2.19. The highest BCUT2D eigenvalue weighted by Crippen LogP contribution is 2.30. The van der Waals surface area contributed by atoms with E-state index in [0.29, 0.717) is 5.92 Å². The zero-order chi connectivity index (χ0) is 10.6. The lowest BCUT2D eigenvalue weighted by atomic mass is 9.98. The molecule has 0 spiro atoms. The van der Waals surface area contributed by atoms with Crippen LogP contribution in [0.1, 0.15) is 24.3 Å². The van der Waals surface area contributed by atoms with Gasteiger partial charge in [0.25, 0.3) is 0 Å². The molecule has 0 amide bonds. The van der Waals surface area contributed by atoms with Crippen LogP contribution in [0.15, 0.2) is 15.9 Å². The smallest absolute Gasteiger partial charge is 0.0701 e. The molecule has 2 atom stereocenters. The molecule has 0 aliphatic heterocycles. The summed E-state index contributed by atoms with van der Waals surface area (Å²) in [6, 6.07) is 4.26. The molecule has 0 radical (unpaired) electrons. The molecule has 2 N–H and O–H groups in total. The van der Waals surface area contributed by atoms with Crippen LogP contribution in [0.25, 0.3) is 0 Å². The summed E-state index contributed by atoms with van der Waals surface area (Å²) in [5.74, 6) is 0.459. The SMILES string of the molecule is COCCC(C)C(N)c1ccc(Br)s1. The predicted molar refractivity (Wildman–Crippen MR) is 64.6 cm³/mol. The number of thiophene rings is 1. The van der Waals surface area contributed by atoms with E-state index in [1.165, 1.54) is 4.88 Å². The van der Waals surface area contributed by atoms with Crippen molar-refractivity contribution in [3.63, 3.8) is 0 Å². The van der Waals surface area contributed by atoms with Crippen LogP contribution in [0, 0.1) is 5.92 Å². The lowest BCUT2D eigenvalue weighted by Gasteiger charge is -2.17. The fraction of sp³-hybridized carbons (Fsp3) is 0.600. The topological polar surface area (TPSA) is 35.2 Å². The van der Waals surface area contributed by atoms with Gasteiger partial charge in [0.1, 0.15) is 0 Å². The molecule has 0 bridgehead atoms. The van der Waals surface area contributed by atoms with Crippen LogP contribution in [0.5, 0.6) is 0 Å². The Morgan fingerprint density at radius 3 is 2.79 bits per heavy atom. The summed E-state index contributed by atoms with van der Waals surface area (Å²) in [7, 11) is 1.72. The molecule has 1 aromatic rings. The van der Waals surface area contributed by atoms with Gasteiger partial charge in [0.15, 0.2) is 0 Å². The molecule has 0 saturated heterocycles. The van der Waals surface area contributed by atoms with Crippen LogP contribution in [-0.4, -0.2) is 13.7 Å². The van der Waals surface area contributed by atoms with Crippen molar-refractivity contribution in [2.24, 2.45) is 11.7 Å². The number of rotatable bonds is 5. The minimum Gasteiger partial charge on any atom is -0.385 e. The van der Waals surface area contributed by atoms with Crippen molar-refractivity contribution < 1.29 is 4.74 Å². The Balaban J connectivity index is 2.51. The van der Waals surface area contributed by atoms with E-state index in [4.69, 9.17) is 10.5 Å². The van der Waals surface area contributed by atoms with Gasteiger partial charge in [-0.05, 0) is 40.4 Å². The fourth-order valence-electron chi connectivity index (χ4n) is 1.27. The number of hydrogen-bond donors (Lipinski definition) is 1. The standard InChI is InChI=1S/C10H16BrNOS/c1-7(5-6-13-2)10(12)8-3-4-9(11)14-8/h3-4,7,10H,5-6,12H2,1-2H3. The zero-order valence-electron chi connectivity index (χ0n) is 8.50. The van der Waals surface area contributed by atoms with E-state index >= 15 is 0 Å². The van der Waals surface area contributed by atoms with E-state index < -0.39 is 0 Å². The Kier molecular flexibility index (Phi) is 5.09. The molecule has 0 saturated carbocycles. The summed E-state index contributed by atoms with van der Waals surface area (Å²) in [6.07, 6.45) is 1.01. The molecule has 1 heterocycles. The highest BCUT2D eigenvalue weighted by Gasteiger charge is 2.16. The van der Waals surface area contributed by atoms with Crippen LogP contribution < -0.4 is 5.73 Å². The van der Waals surface area contributed by atoms with Crippen LogP contribution in [0.2, 0.25) is 0 Å². The van der Waals surface area contributed by atoms with Crippen molar-refractivity contribution in [3.05, 3.63) is 20.8 Å². The van der Waals surface area contributed by atoms with Gasteiger partial charge in [0.05, 0.1) is 3.79 Å². The quantitative estimate of drug-likeness (QED) is 0.897. The molecule has 0 aromatic carbocycles. The summed E-state index contributed by atoms with van der Waals surface area (Å²) in [5.41, 5.74) is 6.13. The second-order valence-electron chi connectivity index (χ2n) is 3.43. The van der Waals surface area contributed by atoms with Gasteiger partial charge in [0.2, 0.25) is 0 Å². The molecule has 1 rings (SSSR count).